The van der Waals surface area contributed by atoms with Gasteiger partial charge in [-0.05, 0) is 18.2 Å². The molecule has 0 aliphatic rings. The summed E-state index contributed by atoms with van der Waals surface area (Å²) < 4.78 is 2.85. The van der Waals surface area contributed by atoms with Gasteiger partial charge in [-0.25, -0.2) is 4.98 Å². The quantitative estimate of drug-likeness (QED) is 0.919. The summed E-state index contributed by atoms with van der Waals surface area (Å²) in [7, 11) is 1.91. The number of aryl methyl sites for hydroxylation is 1. The van der Waals surface area contributed by atoms with Gasteiger partial charge in [0.2, 0.25) is 0 Å². The summed E-state index contributed by atoms with van der Waals surface area (Å²) >= 11 is 9.61. The maximum Gasteiger partial charge on any atom is 0.131 e. The normalized spacial score (nSPS) is 10.8. The second-order valence-corrected chi connectivity index (χ2v) is 5.12. The Morgan fingerprint density at radius 3 is 2.76 bits per heavy atom. The van der Waals surface area contributed by atoms with Crippen molar-refractivity contribution in [3.63, 3.8) is 0 Å². The summed E-state index contributed by atoms with van der Waals surface area (Å²) in [6, 6.07) is 5.66. The molecular weight excluding hydrogens is 302 g/mol. The highest BCUT2D eigenvalue weighted by molar-refractivity contribution is 9.10. The molecule has 90 valence electrons. The summed E-state index contributed by atoms with van der Waals surface area (Å²) in [5.41, 5.74) is 7.66. The number of nitrogens with zero attached hydrogens (tertiary/aromatic N) is 2. The molecular formula is C12H13BrClN3. The Balaban J connectivity index is 2.64. The molecule has 0 atom stereocenters. The van der Waals surface area contributed by atoms with E-state index >= 15 is 0 Å². The van der Waals surface area contributed by atoms with Crippen LogP contribution in [0.5, 0.6) is 0 Å². The predicted octanol–water partition coefficient (Wildman–Crippen LogP) is 3.65. The molecule has 0 aliphatic heterocycles. The molecule has 3 nitrogen and oxygen atoms in total. The molecule has 0 bridgehead atoms. The molecule has 0 spiro atoms. The predicted molar refractivity (Wildman–Crippen MR) is 75.1 cm³/mol. The van der Waals surface area contributed by atoms with Crippen molar-refractivity contribution in [2.75, 3.05) is 5.73 Å². The number of benzene rings is 1. The largest absolute Gasteiger partial charge is 0.383 e. The first-order valence-corrected chi connectivity index (χ1v) is 6.48. The molecule has 2 aromatic rings. The lowest BCUT2D eigenvalue weighted by Crippen LogP contribution is -2.00. The summed E-state index contributed by atoms with van der Waals surface area (Å²) in [4.78, 5) is 4.53. The molecule has 0 fully saturated rings. The fourth-order valence-electron chi connectivity index (χ4n) is 1.75. The van der Waals surface area contributed by atoms with Gasteiger partial charge < -0.3 is 10.3 Å². The first-order chi connectivity index (χ1) is 8.04. The third-order valence-corrected chi connectivity index (χ3v) is 3.55. The molecule has 0 radical (unpaired) electrons. The first kappa shape index (κ1) is 12.5. The molecule has 17 heavy (non-hydrogen) atoms. The van der Waals surface area contributed by atoms with E-state index in [-0.39, 0.29) is 0 Å². The number of hydrogen-bond acceptors (Lipinski definition) is 2. The van der Waals surface area contributed by atoms with Crippen LogP contribution in [-0.4, -0.2) is 9.55 Å². The minimum absolute atomic E-state index is 0.641. The van der Waals surface area contributed by atoms with E-state index in [1.165, 1.54) is 0 Å². The first-order valence-electron chi connectivity index (χ1n) is 5.31. The Hall–Kier alpha value is -1.00. The van der Waals surface area contributed by atoms with Crippen LogP contribution in [-0.2, 0) is 13.5 Å². The molecule has 1 aromatic heterocycles. The zero-order chi connectivity index (χ0) is 12.6. The van der Waals surface area contributed by atoms with Gasteiger partial charge in [0, 0.05) is 23.5 Å². The van der Waals surface area contributed by atoms with Crippen LogP contribution in [0.3, 0.4) is 0 Å². The van der Waals surface area contributed by atoms with Gasteiger partial charge >= 0.3 is 0 Å². The van der Waals surface area contributed by atoms with Crippen molar-refractivity contribution >= 4 is 33.3 Å². The minimum atomic E-state index is 0.641. The Morgan fingerprint density at radius 1 is 1.47 bits per heavy atom. The number of nitrogen functional groups attached to an aromatic ring is 1. The van der Waals surface area contributed by atoms with E-state index in [1.807, 2.05) is 36.7 Å². The van der Waals surface area contributed by atoms with Crippen molar-refractivity contribution < 1.29 is 0 Å². The molecule has 0 unspecified atom stereocenters. The van der Waals surface area contributed by atoms with Gasteiger partial charge in [-0.1, -0.05) is 34.5 Å². The van der Waals surface area contributed by atoms with Gasteiger partial charge in [0.1, 0.15) is 17.3 Å². The van der Waals surface area contributed by atoms with E-state index in [1.54, 1.807) is 0 Å². The zero-order valence-corrected chi connectivity index (χ0v) is 12.0. The number of halogens is 2. The Labute approximate surface area is 114 Å². The van der Waals surface area contributed by atoms with Gasteiger partial charge in [0.05, 0.1) is 5.02 Å². The van der Waals surface area contributed by atoms with Crippen molar-refractivity contribution in [1.82, 2.24) is 9.55 Å². The number of imidazole rings is 1. The van der Waals surface area contributed by atoms with E-state index in [0.29, 0.717) is 10.8 Å². The number of aromatic nitrogens is 2. The minimum Gasteiger partial charge on any atom is -0.383 e. The smallest absolute Gasteiger partial charge is 0.131 e. The van der Waals surface area contributed by atoms with Crippen molar-refractivity contribution in [3.8, 4) is 11.3 Å². The fourth-order valence-corrected chi connectivity index (χ4v) is 2.32. The molecule has 0 amide bonds. The van der Waals surface area contributed by atoms with Crippen LogP contribution in [0, 0.1) is 0 Å². The zero-order valence-electron chi connectivity index (χ0n) is 9.67. The van der Waals surface area contributed by atoms with Crippen LogP contribution in [0.4, 0.5) is 5.82 Å². The molecule has 0 saturated heterocycles. The Bertz CT molecular complexity index is 563. The highest BCUT2D eigenvalue weighted by atomic mass is 79.9. The molecule has 1 aromatic carbocycles. The van der Waals surface area contributed by atoms with Gasteiger partial charge in [-0.2, -0.15) is 0 Å². The van der Waals surface area contributed by atoms with E-state index in [2.05, 4.69) is 20.9 Å². The van der Waals surface area contributed by atoms with Crippen molar-refractivity contribution in [3.05, 3.63) is 33.5 Å². The Kier molecular flexibility index (Phi) is 3.45. The number of anilines is 1. The van der Waals surface area contributed by atoms with Crippen molar-refractivity contribution in [1.29, 1.82) is 0 Å². The van der Waals surface area contributed by atoms with E-state index < -0.39 is 0 Å². The highest BCUT2D eigenvalue weighted by Gasteiger charge is 2.15. The van der Waals surface area contributed by atoms with E-state index in [9.17, 15) is 0 Å². The van der Waals surface area contributed by atoms with Gasteiger partial charge in [-0.3, -0.25) is 0 Å². The molecule has 2 N–H and O–H groups in total. The topological polar surface area (TPSA) is 43.8 Å². The number of nitrogens with two attached hydrogens (primary N) is 1. The van der Waals surface area contributed by atoms with Crippen LogP contribution in [0.15, 0.2) is 22.7 Å². The van der Waals surface area contributed by atoms with Gasteiger partial charge in [0.15, 0.2) is 0 Å². The average Bonchev–Trinajstić information content (AvgIpc) is 2.59. The summed E-state index contributed by atoms with van der Waals surface area (Å²) in [5.74, 6) is 1.59. The van der Waals surface area contributed by atoms with E-state index in [0.717, 1.165) is 28.0 Å². The molecule has 5 heteroatoms. The van der Waals surface area contributed by atoms with Crippen molar-refractivity contribution in [2.45, 2.75) is 13.3 Å². The lowest BCUT2D eigenvalue weighted by Gasteiger charge is -2.03. The SMILES string of the molecule is CCc1nc(-c2cc(Br)ccc2Cl)c(N)n1C. The monoisotopic (exact) mass is 313 g/mol. The molecule has 2 rings (SSSR count). The van der Waals surface area contributed by atoms with Gasteiger partial charge in [-0.15, -0.1) is 0 Å². The lowest BCUT2D eigenvalue weighted by molar-refractivity contribution is 0.816. The third-order valence-electron chi connectivity index (χ3n) is 2.73. The third kappa shape index (κ3) is 2.19. The number of rotatable bonds is 2. The van der Waals surface area contributed by atoms with Crippen LogP contribution < -0.4 is 5.73 Å². The van der Waals surface area contributed by atoms with Crippen LogP contribution in [0.1, 0.15) is 12.7 Å². The second-order valence-electron chi connectivity index (χ2n) is 3.80. The molecule has 1 heterocycles. The summed E-state index contributed by atoms with van der Waals surface area (Å²) in [6.45, 7) is 2.05. The maximum absolute atomic E-state index is 6.18. The molecule has 0 aliphatic carbocycles. The lowest BCUT2D eigenvalue weighted by atomic mass is 10.1. The average molecular weight is 315 g/mol. The van der Waals surface area contributed by atoms with E-state index in [4.69, 9.17) is 17.3 Å². The van der Waals surface area contributed by atoms with Crippen LogP contribution in [0.25, 0.3) is 11.3 Å². The molecule has 0 saturated carbocycles. The maximum atomic E-state index is 6.18. The second kappa shape index (κ2) is 4.70. The van der Waals surface area contributed by atoms with Crippen LogP contribution in [0.2, 0.25) is 5.02 Å². The van der Waals surface area contributed by atoms with Crippen molar-refractivity contribution in [2.24, 2.45) is 7.05 Å². The number of hydrogen-bond donors (Lipinski definition) is 1. The highest BCUT2D eigenvalue weighted by Crippen LogP contribution is 2.33. The summed E-state index contributed by atoms with van der Waals surface area (Å²) in [6.07, 6.45) is 0.840. The standard InChI is InChI=1S/C12H13BrClN3/c1-3-10-16-11(12(15)17(10)2)8-6-7(13)4-5-9(8)14/h4-6H,3,15H2,1-2H3. The van der Waals surface area contributed by atoms with Crippen LogP contribution >= 0.6 is 27.5 Å². The fraction of sp³-hybridized carbons (Fsp3) is 0.250. The Morgan fingerprint density at radius 2 is 2.18 bits per heavy atom. The van der Waals surface area contributed by atoms with Gasteiger partial charge in [0.25, 0.3) is 0 Å². The summed E-state index contributed by atoms with van der Waals surface area (Å²) in [5, 5.41) is 0.653.